The van der Waals surface area contributed by atoms with Crippen molar-refractivity contribution in [3.8, 4) is 6.07 Å². The van der Waals surface area contributed by atoms with Crippen molar-refractivity contribution < 1.29 is 0 Å². The smallest absolute Gasteiger partial charge is 0.123 e. The lowest BCUT2D eigenvalue weighted by Gasteiger charge is -2.00. The van der Waals surface area contributed by atoms with E-state index in [9.17, 15) is 0 Å². The van der Waals surface area contributed by atoms with Gasteiger partial charge < -0.3 is 5.73 Å². The van der Waals surface area contributed by atoms with E-state index in [1.807, 2.05) is 13.0 Å². The summed E-state index contributed by atoms with van der Waals surface area (Å²) in [5.41, 5.74) is 6.28. The van der Waals surface area contributed by atoms with Gasteiger partial charge in [0.15, 0.2) is 0 Å². The lowest BCUT2D eigenvalue weighted by molar-refractivity contribution is 0.968. The molecule has 0 aliphatic carbocycles. The highest BCUT2D eigenvalue weighted by Gasteiger charge is 2.02. The summed E-state index contributed by atoms with van der Waals surface area (Å²) >= 11 is 0. The summed E-state index contributed by atoms with van der Waals surface area (Å²) in [7, 11) is 0. The number of nitrogens with two attached hydrogens (primary N) is 1. The van der Waals surface area contributed by atoms with Crippen molar-refractivity contribution >= 4 is 5.82 Å². The van der Waals surface area contributed by atoms with E-state index in [1.54, 1.807) is 12.3 Å². The third-order valence-corrected chi connectivity index (χ3v) is 1.50. The molecule has 0 fully saturated rings. The number of aromatic nitrogens is 1. The Morgan fingerprint density at radius 2 is 2.36 bits per heavy atom. The Labute approximate surface area is 65.5 Å². The topological polar surface area (TPSA) is 62.7 Å². The predicted molar refractivity (Wildman–Crippen MR) is 42.7 cm³/mol. The highest BCUT2D eigenvalue weighted by molar-refractivity contribution is 5.32. The summed E-state index contributed by atoms with van der Waals surface area (Å²) in [5.74, 6) is 0.377. The van der Waals surface area contributed by atoms with Crippen molar-refractivity contribution in [3.05, 3.63) is 23.9 Å². The molecule has 0 bridgehead atoms. The molecule has 1 heterocycles. The van der Waals surface area contributed by atoms with Gasteiger partial charge in [-0.25, -0.2) is 4.98 Å². The standard InChI is InChI=1S/C8H9N3/c1-6(4-9)7-2-3-8(10)11-5-7/h2-3,5-6H,1H3,(H2,10,11). The molecule has 1 rings (SSSR count). The van der Waals surface area contributed by atoms with Crippen molar-refractivity contribution in [2.24, 2.45) is 0 Å². The van der Waals surface area contributed by atoms with Crippen LogP contribution in [0.2, 0.25) is 0 Å². The number of pyridine rings is 1. The van der Waals surface area contributed by atoms with Gasteiger partial charge in [-0.05, 0) is 18.6 Å². The molecule has 1 aromatic rings. The molecule has 0 aliphatic rings. The number of rotatable bonds is 1. The fourth-order valence-electron chi connectivity index (χ4n) is 0.747. The van der Waals surface area contributed by atoms with E-state index in [2.05, 4.69) is 11.1 Å². The molecule has 0 saturated carbocycles. The molecule has 1 atom stereocenters. The maximum absolute atomic E-state index is 8.55. The van der Waals surface area contributed by atoms with Crippen LogP contribution < -0.4 is 5.73 Å². The van der Waals surface area contributed by atoms with E-state index >= 15 is 0 Å². The molecule has 0 radical (unpaired) electrons. The normalized spacial score (nSPS) is 12.0. The van der Waals surface area contributed by atoms with Gasteiger partial charge in [0.2, 0.25) is 0 Å². The Morgan fingerprint density at radius 1 is 1.64 bits per heavy atom. The fraction of sp³-hybridized carbons (Fsp3) is 0.250. The van der Waals surface area contributed by atoms with E-state index in [1.165, 1.54) is 0 Å². The quantitative estimate of drug-likeness (QED) is 0.651. The second kappa shape index (κ2) is 3.02. The number of nitrogen functional groups attached to an aromatic ring is 1. The first kappa shape index (κ1) is 7.55. The second-order valence-corrected chi connectivity index (χ2v) is 2.37. The SMILES string of the molecule is CC(C#N)c1ccc(N)nc1. The van der Waals surface area contributed by atoms with E-state index in [0.29, 0.717) is 5.82 Å². The highest BCUT2D eigenvalue weighted by Crippen LogP contribution is 2.12. The van der Waals surface area contributed by atoms with E-state index in [-0.39, 0.29) is 5.92 Å². The van der Waals surface area contributed by atoms with Crippen LogP contribution in [0.15, 0.2) is 18.3 Å². The molecule has 3 heteroatoms. The van der Waals surface area contributed by atoms with Crippen LogP contribution in [0.1, 0.15) is 18.4 Å². The zero-order valence-electron chi connectivity index (χ0n) is 6.28. The number of hydrogen-bond acceptors (Lipinski definition) is 3. The van der Waals surface area contributed by atoms with Crippen LogP contribution >= 0.6 is 0 Å². The maximum atomic E-state index is 8.55. The molecular weight excluding hydrogens is 138 g/mol. The molecule has 0 aromatic carbocycles. The predicted octanol–water partition coefficient (Wildman–Crippen LogP) is 1.29. The molecule has 1 aromatic heterocycles. The van der Waals surface area contributed by atoms with Crippen molar-refractivity contribution in [3.63, 3.8) is 0 Å². The van der Waals surface area contributed by atoms with Crippen LogP contribution in [-0.4, -0.2) is 4.98 Å². The van der Waals surface area contributed by atoms with Gasteiger partial charge in [-0.15, -0.1) is 0 Å². The van der Waals surface area contributed by atoms with E-state index in [4.69, 9.17) is 11.0 Å². The van der Waals surface area contributed by atoms with Crippen molar-refractivity contribution in [1.29, 1.82) is 5.26 Å². The fourth-order valence-corrected chi connectivity index (χ4v) is 0.747. The van der Waals surface area contributed by atoms with Gasteiger partial charge in [-0.1, -0.05) is 6.07 Å². The lowest BCUT2D eigenvalue weighted by Crippen LogP contribution is -1.93. The zero-order valence-corrected chi connectivity index (χ0v) is 6.28. The zero-order chi connectivity index (χ0) is 8.27. The molecular formula is C8H9N3. The molecule has 0 saturated heterocycles. The van der Waals surface area contributed by atoms with Crippen LogP contribution in [0.25, 0.3) is 0 Å². The second-order valence-electron chi connectivity index (χ2n) is 2.37. The van der Waals surface area contributed by atoms with Gasteiger partial charge in [-0.3, -0.25) is 0 Å². The Hall–Kier alpha value is -1.56. The lowest BCUT2D eigenvalue weighted by atomic mass is 10.1. The average molecular weight is 147 g/mol. The first-order chi connectivity index (χ1) is 5.24. The maximum Gasteiger partial charge on any atom is 0.123 e. The third-order valence-electron chi connectivity index (χ3n) is 1.50. The molecule has 2 N–H and O–H groups in total. The monoisotopic (exact) mass is 147 g/mol. The van der Waals surface area contributed by atoms with Crippen LogP contribution in [0.5, 0.6) is 0 Å². The number of hydrogen-bond donors (Lipinski definition) is 1. The van der Waals surface area contributed by atoms with Crippen molar-refractivity contribution in [2.45, 2.75) is 12.8 Å². The summed E-state index contributed by atoms with van der Waals surface area (Å²) in [5, 5.41) is 8.55. The Bertz CT molecular complexity index is 270. The molecule has 3 nitrogen and oxygen atoms in total. The number of nitrogens with zero attached hydrogens (tertiary/aromatic N) is 2. The molecule has 0 amide bonds. The molecule has 0 aliphatic heterocycles. The van der Waals surface area contributed by atoms with Crippen LogP contribution in [0.3, 0.4) is 0 Å². The molecule has 11 heavy (non-hydrogen) atoms. The minimum Gasteiger partial charge on any atom is -0.384 e. The Balaban J connectivity index is 2.92. The molecule has 0 spiro atoms. The minimum atomic E-state index is -0.108. The first-order valence-corrected chi connectivity index (χ1v) is 3.35. The van der Waals surface area contributed by atoms with E-state index in [0.717, 1.165) is 5.56 Å². The summed E-state index contributed by atoms with van der Waals surface area (Å²) in [6.07, 6.45) is 1.63. The van der Waals surface area contributed by atoms with Gasteiger partial charge in [0.1, 0.15) is 5.82 Å². The highest BCUT2D eigenvalue weighted by atomic mass is 14.8. The summed E-state index contributed by atoms with van der Waals surface area (Å²) in [4.78, 5) is 3.87. The average Bonchev–Trinajstić information content (AvgIpc) is 2.05. The van der Waals surface area contributed by atoms with Crippen molar-refractivity contribution in [2.75, 3.05) is 5.73 Å². The van der Waals surface area contributed by atoms with Gasteiger partial charge in [0.25, 0.3) is 0 Å². The first-order valence-electron chi connectivity index (χ1n) is 3.35. The summed E-state index contributed by atoms with van der Waals surface area (Å²) in [6, 6.07) is 5.63. The number of nitriles is 1. The minimum absolute atomic E-state index is 0.108. The van der Waals surface area contributed by atoms with E-state index < -0.39 is 0 Å². The van der Waals surface area contributed by atoms with Gasteiger partial charge >= 0.3 is 0 Å². The van der Waals surface area contributed by atoms with Crippen LogP contribution in [0, 0.1) is 11.3 Å². The van der Waals surface area contributed by atoms with Crippen LogP contribution in [0.4, 0.5) is 5.82 Å². The summed E-state index contributed by atoms with van der Waals surface area (Å²) < 4.78 is 0. The van der Waals surface area contributed by atoms with Crippen molar-refractivity contribution in [1.82, 2.24) is 4.98 Å². The Kier molecular flexibility index (Phi) is 2.07. The Morgan fingerprint density at radius 3 is 2.82 bits per heavy atom. The van der Waals surface area contributed by atoms with Gasteiger partial charge in [-0.2, -0.15) is 5.26 Å². The third kappa shape index (κ3) is 1.68. The number of anilines is 1. The molecule has 56 valence electrons. The van der Waals surface area contributed by atoms with Gasteiger partial charge in [0, 0.05) is 6.20 Å². The molecule has 1 unspecified atom stereocenters. The van der Waals surface area contributed by atoms with Crippen LogP contribution in [-0.2, 0) is 0 Å². The largest absolute Gasteiger partial charge is 0.384 e. The van der Waals surface area contributed by atoms with Gasteiger partial charge in [0.05, 0.1) is 12.0 Å². The summed E-state index contributed by atoms with van der Waals surface area (Å²) in [6.45, 7) is 1.83.